The summed E-state index contributed by atoms with van der Waals surface area (Å²) in [6.07, 6.45) is -0.502. The molecule has 12 heavy (non-hydrogen) atoms. The highest BCUT2D eigenvalue weighted by Gasteiger charge is 2.12. The Labute approximate surface area is 73.5 Å². The number of nitrogens with one attached hydrogen (secondary N) is 1. The van der Waals surface area contributed by atoms with Crippen LogP contribution in [0.15, 0.2) is 0 Å². The first-order valence-corrected chi connectivity index (χ1v) is 4.06. The summed E-state index contributed by atoms with van der Waals surface area (Å²) in [4.78, 5) is 0. The van der Waals surface area contributed by atoms with Gasteiger partial charge in [-0.15, -0.1) is 0 Å². The average Bonchev–Trinajstić information content (AvgIpc) is 1.84. The lowest BCUT2D eigenvalue weighted by Gasteiger charge is -2.19. The van der Waals surface area contributed by atoms with Crippen molar-refractivity contribution in [2.75, 3.05) is 26.8 Å². The second kappa shape index (κ2) is 5.48. The molecule has 0 saturated heterocycles. The van der Waals surface area contributed by atoms with E-state index >= 15 is 0 Å². The fraction of sp³-hybridized carbons (Fsp3) is 1.00. The van der Waals surface area contributed by atoms with Crippen molar-refractivity contribution in [3.05, 3.63) is 0 Å². The van der Waals surface area contributed by atoms with Crippen LogP contribution in [-0.4, -0.2) is 48.7 Å². The number of hydrogen-bond donors (Lipinski definition) is 3. The Morgan fingerprint density at radius 2 is 2.08 bits per heavy atom. The van der Waals surface area contributed by atoms with E-state index in [0.29, 0.717) is 19.7 Å². The predicted octanol–water partition coefficient (Wildman–Crippen LogP) is -0.646. The minimum atomic E-state index is -0.729. The minimum Gasteiger partial charge on any atom is -0.389 e. The molecular weight excluding hydrogens is 158 g/mol. The third-order valence-electron chi connectivity index (χ3n) is 1.30. The summed E-state index contributed by atoms with van der Waals surface area (Å²) in [6.45, 7) is 4.65. The molecule has 0 heterocycles. The van der Waals surface area contributed by atoms with E-state index in [-0.39, 0.29) is 0 Å². The zero-order valence-corrected chi connectivity index (χ0v) is 8.00. The van der Waals surface area contributed by atoms with Crippen molar-refractivity contribution in [3.8, 4) is 0 Å². The molecule has 0 aromatic heterocycles. The number of hydrogen-bond acceptors (Lipinski definition) is 4. The molecule has 0 aliphatic carbocycles. The highest BCUT2D eigenvalue weighted by molar-refractivity contribution is 4.69. The first-order chi connectivity index (χ1) is 5.45. The summed E-state index contributed by atoms with van der Waals surface area (Å²) in [5.41, 5.74) is -0.729. The van der Waals surface area contributed by atoms with Gasteiger partial charge in [-0.05, 0) is 13.8 Å². The molecule has 0 aliphatic heterocycles. The molecule has 0 aromatic carbocycles. The smallest absolute Gasteiger partial charge is 0.0897 e. The van der Waals surface area contributed by atoms with Crippen molar-refractivity contribution >= 4 is 0 Å². The second-order valence-electron chi connectivity index (χ2n) is 3.55. The molecule has 0 saturated carbocycles. The Hall–Kier alpha value is -0.160. The zero-order valence-electron chi connectivity index (χ0n) is 8.00. The van der Waals surface area contributed by atoms with Crippen LogP contribution in [0.3, 0.4) is 0 Å². The normalized spacial score (nSPS) is 14.8. The summed E-state index contributed by atoms with van der Waals surface area (Å²) in [5, 5.41) is 21.4. The van der Waals surface area contributed by atoms with Gasteiger partial charge in [-0.3, -0.25) is 0 Å². The Morgan fingerprint density at radius 1 is 1.50 bits per heavy atom. The van der Waals surface area contributed by atoms with Crippen LogP contribution in [0, 0.1) is 0 Å². The molecule has 0 aromatic rings. The number of ether oxygens (including phenoxy) is 1. The quantitative estimate of drug-likeness (QED) is 0.505. The Kier molecular flexibility index (Phi) is 5.41. The fourth-order valence-corrected chi connectivity index (χ4v) is 0.796. The van der Waals surface area contributed by atoms with Gasteiger partial charge in [-0.25, -0.2) is 0 Å². The summed E-state index contributed by atoms with van der Waals surface area (Å²) in [7, 11) is 1.54. The highest BCUT2D eigenvalue weighted by atomic mass is 16.5. The van der Waals surface area contributed by atoms with E-state index in [1.807, 2.05) is 0 Å². The molecule has 0 aliphatic rings. The first-order valence-electron chi connectivity index (χ1n) is 4.06. The number of rotatable bonds is 6. The van der Waals surface area contributed by atoms with Gasteiger partial charge in [0.2, 0.25) is 0 Å². The molecule has 1 unspecified atom stereocenters. The minimum absolute atomic E-state index is 0.318. The van der Waals surface area contributed by atoms with Crippen LogP contribution in [0.2, 0.25) is 0 Å². The van der Waals surface area contributed by atoms with Gasteiger partial charge in [0.05, 0.1) is 18.3 Å². The zero-order chi connectivity index (χ0) is 9.61. The van der Waals surface area contributed by atoms with Crippen molar-refractivity contribution in [1.82, 2.24) is 5.32 Å². The fourth-order valence-electron chi connectivity index (χ4n) is 0.796. The van der Waals surface area contributed by atoms with E-state index < -0.39 is 11.7 Å². The van der Waals surface area contributed by atoms with Crippen molar-refractivity contribution in [1.29, 1.82) is 0 Å². The maximum atomic E-state index is 9.29. The third-order valence-corrected chi connectivity index (χ3v) is 1.30. The van der Waals surface area contributed by atoms with E-state index in [1.54, 1.807) is 21.0 Å². The molecule has 0 radical (unpaired) electrons. The van der Waals surface area contributed by atoms with Crippen LogP contribution in [0.25, 0.3) is 0 Å². The van der Waals surface area contributed by atoms with Gasteiger partial charge >= 0.3 is 0 Å². The van der Waals surface area contributed by atoms with E-state index in [1.165, 1.54) is 0 Å². The van der Waals surface area contributed by atoms with Gasteiger partial charge in [0, 0.05) is 20.2 Å². The van der Waals surface area contributed by atoms with E-state index in [2.05, 4.69) is 5.32 Å². The molecule has 1 atom stereocenters. The third kappa shape index (κ3) is 7.94. The second-order valence-corrected chi connectivity index (χ2v) is 3.55. The van der Waals surface area contributed by atoms with Crippen LogP contribution in [0.5, 0.6) is 0 Å². The average molecular weight is 177 g/mol. The monoisotopic (exact) mass is 177 g/mol. The van der Waals surface area contributed by atoms with Gasteiger partial charge in [-0.1, -0.05) is 0 Å². The Balaban J connectivity index is 3.31. The van der Waals surface area contributed by atoms with Crippen LogP contribution >= 0.6 is 0 Å². The van der Waals surface area contributed by atoms with Crippen molar-refractivity contribution in [2.45, 2.75) is 25.6 Å². The van der Waals surface area contributed by atoms with Crippen LogP contribution < -0.4 is 5.32 Å². The lowest BCUT2D eigenvalue weighted by atomic mass is 10.1. The van der Waals surface area contributed by atoms with Crippen LogP contribution in [-0.2, 0) is 4.74 Å². The molecule has 3 N–H and O–H groups in total. The van der Waals surface area contributed by atoms with Crippen molar-refractivity contribution in [2.24, 2.45) is 0 Å². The van der Waals surface area contributed by atoms with Crippen molar-refractivity contribution in [3.63, 3.8) is 0 Å². The maximum Gasteiger partial charge on any atom is 0.0897 e. The molecule has 74 valence electrons. The van der Waals surface area contributed by atoms with Gasteiger partial charge in [0.25, 0.3) is 0 Å². The molecule has 0 fully saturated rings. The topological polar surface area (TPSA) is 61.7 Å². The van der Waals surface area contributed by atoms with Gasteiger partial charge < -0.3 is 20.3 Å². The largest absolute Gasteiger partial charge is 0.389 e. The van der Waals surface area contributed by atoms with Gasteiger partial charge in [-0.2, -0.15) is 0 Å². The Morgan fingerprint density at radius 3 is 2.50 bits per heavy atom. The van der Waals surface area contributed by atoms with Gasteiger partial charge in [0.1, 0.15) is 0 Å². The summed E-state index contributed by atoms with van der Waals surface area (Å²) < 4.78 is 4.73. The highest BCUT2D eigenvalue weighted by Crippen LogP contribution is 1.96. The molecular formula is C8H19NO3. The number of aliphatic hydroxyl groups is 2. The summed E-state index contributed by atoms with van der Waals surface area (Å²) in [5.74, 6) is 0. The van der Waals surface area contributed by atoms with E-state index in [9.17, 15) is 10.2 Å². The Bertz CT molecular complexity index is 111. The number of methoxy groups -OCH3 is 1. The van der Waals surface area contributed by atoms with E-state index in [4.69, 9.17) is 4.74 Å². The number of aliphatic hydroxyl groups excluding tert-OH is 1. The SMILES string of the molecule is COCC(O)CNCC(C)(C)O. The predicted molar refractivity (Wildman–Crippen MR) is 47.1 cm³/mol. The maximum absolute atomic E-state index is 9.29. The molecule has 0 amide bonds. The van der Waals surface area contributed by atoms with Crippen LogP contribution in [0.4, 0.5) is 0 Å². The lowest BCUT2D eigenvalue weighted by Crippen LogP contribution is -2.39. The van der Waals surface area contributed by atoms with Gasteiger partial charge in [0.15, 0.2) is 0 Å². The lowest BCUT2D eigenvalue weighted by molar-refractivity contribution is 0.0502. The molecule has 0 bridgehead atoms. The first kappa shape index (κ1) is 11.8. The molecule has 4 heteroatoms. The summed E-state index contributed by atoms with van der Waals surface area (Å²) >= 11 is 0. The van der Waals surface area contributed by atoms with Crippen LogP contribution in [0.1, 0.15) is 13.8 Å². The standard InChI is InChI=1S/C8H19NO3/c1-8(2,11)6-9-4-7(10)5-12-3/h7,9-11H,4-6H2,1-3H3. The molecule has 4 nitrogen and oxygen atoms in total. The summed E-state index contributed by atoms with van der Waals surface area (Å²) in [6, 6.07) is 0. The van der Waals surface area contributed by atoms with Crippen molar-refractivity contribution < 1.29 is 14.9 Å². The molecule has 0 spiro atoms. The van der Waals surface area contributed by atoms with E-state index in [0.717, 1.165) is 0 Å². The molecule has 0 rings (SSSR count).